The second-order valence-corrected chi connectivity index (χ2v) is 6.72. The molecule has 1 heterocycles. The summed E-state index contributed by atoms with van der Waals surface area (Å²) in [4.78, 5) is 8.04. The van der Waals surface area contributed by atoms with E-state index < -0.39 is 0 Å². The van der Waals surface area contributed by atoms with Gasteiger partial charge in [-0.1, -0.05) is 24.3 Å². The minimum atomic E-state index is 0.307. The van der Waals surface area contributed by atoms with E-state index in [-0.39, 0.29) is 0 Å². The lowest BCUT2D eigenvalue weighted by molar-refractivity contribution is 0.474. The van der Waals surface area contributed by atoms with Gasteiger partial charge < -0.3 is 20.7 Å². The molecule has 0 aliphatic carbocycles. The molecule has 0 spiro atoms. The van der Waals surface area contributed by atoms with Gasteiger partial charge in [0.15, 0.2) is 5.96 Å². The van der Waals surface area contributed by atoms with E-state index in [1.807, 2.05) is 12.1 Å². The number of aromatic amines is 1. The summed E-state index contributed by atoms with van der Waals surface area (Å²) >= 11 is 0. The number of aromatic hydroxyl groups is 1. The Morgan fingerprint density at radius 1 is 1.11 bits per heavy atom. The number of H-pyrrole nitrogens is 1. The van der Waals surface area contributed by atoms with Crippen LogP contribution in [0.4, 0.5) is 0 Å². The number of aliphatic imine (C=N–C) groups is 1. The number of hydrogen-bond acceptors (Lipinski definition) is 2. The molecule has 5 nitrogen and oxygen atoms in total. The molecule has 27 heavy (non-hydrogen) atoms. The van der Waals surface area contributed by atoms with Crippen molar-refractivity contribution in [2.75, 3.05) is 19.6 Å². The van der Waals surface area contributed by atoms with Crippen LogP contribution in [0.15, 0.2) is 53.7 Å². The fourth-order valence-corrected chi connectivity index (χ4v) is 3.17. The second-order valence-electron chi connectivity index (χ2n) is 6.72. The van der Waals surface area contributed by atoms with Crippen LogP contribution in [-0.4, -0.2) is 35.7 Å². The van der Waals surface area contributed by atoms with Crippen molar-refractivity contribution < 1.29 is 5.11 Å². The standard InChI is InChI=1S/C22H28N4O/c1-3-23-22(24-11-9-17-5-4-6-19(27)14-17)25-12-10-18-15-26-21-13-16(2)7-8-20(18)21/h4-8,13-15,26-27H,3,9-12H2,1-2H3,(H2,23,24,25). The zero-order valence-electron chi connectivity index (χ0n) is 16.0. The van der Waals surface area contributed by atoms with Crippen molar-refractivity contribution in [1.29, 1.82) is 0 Å². The Bertz CT molecular complexity index is 914. The van der Waals surface area contributed by atoms with Gasteiger partial charge in [0, 0.05) is 36.7 Å². The van der Waals surface area contributed by atoms with Crippen LogP contribution in [0, 0.1) is 6.92 Å². The third-order valence-electron chi connectivity index (χ3n) is 4.53. The van der Waals surface area contributed by atoms with Crippen molar-refractivity contribution in [3.63, 3.8) is 0 Å². The Morgan fingerprint density at radius 3 is 2.81 bits per heavy atom. The Balaban J connectivity index is 1.55. The molecule has 3 rings (SSSR count). The first-order valence-electron chi connectivity index (χ1n) is 9.52. The highest BCUT2D eigenvalue weighted by atomic mass is 16.3. The van der Waals surface area contributed by atoms with E-state index >= 15 is 0 Å². The maximum atomic E-state index is 9.54. The quantitative estimate of drug-likeness (QED) is 0.383. The summed E-state index contributed by atoms with van der Waals surface area (Å²) in [6, 6.07) is 13.9. The third-order valence-corrected chi connectivity index (χ3v) is 4.53. The van der Waals surface area contributed by atoms with E-state index in [1.54, 1.807) is 12.1 Å². The zero-order valence-corrected chi connectivity index (χ0v) is 16.0. The predicted octanol–water partition coefficient (Wildman–Crippen LogP) is 3.52. The van der Waals surface area contributed by atoms with Crippen LogP contribution in [0.2, 0.25) is 0 Å². The fraction of sp³-hybridized carbons (Fsp3) is 0.318. The van der Waals surface area contributed by atoms with E-state index in [0.717, 1.165) is 44.0 Å². The molecular weight excluding hydrogens is 336 g/mol. The Morgan fingerprint density at radius 2 is 2.00 bits per heavy atom. The lowest BCUT2D eigenvalue weighted by Gasteiger charge is -2.11. The van der Waals surface area contributed by atoms with E-state index in [1.165, 1.54) is 22.0 Å². The number of hydrogen-bond donors (Lipinski definition) is 4. The number of aryl methyl sites for hydroxylation is 1. The van der Waals surface area contributed by atoms with Crippen LogP contribution in [0.1, 0.15) is 23.6 Å². The summed E-state index contributed by atoms with van der Waals surface area (Å²) < 4.78 is 0. The molecule has 2 aromatic carbocycles. The van der Waals surface area contributed by atoms with Crippen molar-refractivity contribution in [2.24, 2.45) is 4.99 Å². The first-order chi connectivity index (χ1) is 13.2. The highest BCUT2D eigenvalue weighted by Crippen LogP contribution is 2.19. The van der Waals surface area contributed by atoms with Crippen molar-refractivity contribution in [2.45, 2.75) is 26.7 Å². The predicted molar refractivity (Wildman–Crippen MR) is 113 cm³/mol. The normalized spacial score (nSPS) is 11.7. The van der Waals surface area contributed by atoms with Gasteiger partial charge >= 0.3 is 0 Å². The highest BCUT2D eigenvalue weighted by Gasteiger charge is 2.04. The second kappa shape index (κ2) is 9.12. The summed E-state index contributed by atoms with van der Waals surface area (Å²) in [5.74, 6) is 1.13. The zero-order chi connectivity index (χ0) is 19.1. The number of nitrogens with one attached hydrogen (secondary N) is 3. The van der Waals surface area contributed by atoms with E-state index in [2.05, 4.69) is 53.9 Å². The molecule has 0 aliphatic heterocycles. The van der Waals surface area contributed by atoms with Gasteiger partial charge in [-0.05, 0) is 61.6 Å². The molecular formula is C22H28N4O. The Hall–Kier alpha value is -2.95. The molecule has 0 saturated heterocycles. The fourth-order valence-electron chi connectivity index (χ4n) is 3.17. The summed E-state index contributed by atoms with van der Waals surface area (Å²) in [5, 5.41) is 17.5. The van der Waals surface area contributed by atoms with Crippen LogP contribution < -0.4 is 10.6 Å². The van der Waals surface area contributed by atoms with Crippen molar-refractivity contribution in [1.82, 2.24) is 15.6 Å². The summed E-state index contributed by atoms with van der Waals surface area (Å²) in [7, 11) is 0. The number of phenols is 1. The molecule has 5 heteroatoms. The van der Waals surface area contributed by atoms with Crippen LogP contribution in [0.25, 0.3) is 10.9 Å². The van der Waals surface area contributed by atoms with E-state index in [0.29, 0.717) is 5.75 Å². The minimum absolute atomic E-state index is 0.307. The molecule has 0 radical (unpaired) electrons. The van der Waals surface area contributed by atoms with Gasteiger partial charge in [-0.25, -0.2) is 0 Å². The maximum Gasteiger partial charge on any atom is 0.191 e. The third kappa shape index (κ3) is 5.26. The average molecular weight is 364 g/mol. The SMILES string of the molecule is CCNC(=NCCc1c[nH]c2cc(C)ccc12)NCCc1cccc(O)c1. The Labute approximate surface area is 160 Å². The van der Waals surface area contributed by atoms with Gasteiger partial charge in [0.05, 0.1) is 0 Å². The van der Waals surface area contributed by atoms with Gasteiger partial charge in [-0.15, -0.1) is 0 Å². The minimum Gasteiger partial charge on any atom is -0.508 e. The molecule has 0 fully saturated rings. The number of benzene rings is 2. The van der Waals surface area contributed by atoms with Gasteiger partial charge in [-0.2, -0.15) is 0 Å². The first kappa shape index (κ1) is 18.8. The number of nitrogens with zero attached hydrogens (tertiary/aromatic N) is 1. The Kier molecular flexibility index (Phi) is 6.36. The average Bonchev–Trinajstić information content (AvgIpc) is 3.04. The largest absolute Gasteiger partial charge is 0.508 e. The molecule has 0 aliphatic rings. The number of guanidine groups is 1. The van der Waals surface area contributed by atoms with E-state index in [4.69, 9.17) is 4.99 Å². The lowest BCUT2D eigenvalue weighted by Crippen LogP contribution is -2.38. The van der Waals surface area contributed by atoms with Crippen molar-refractivity contribution in [3.05, 3.63) is 65.4 Å². The molecule has 142 valence electrons. The molecule has 0 amide bonds. The van der Waals surface area contributed by atoms with Crippen LogP contribution in [-0.2, 0) is 12.8 Å². The number of rotatable bonds is 7. The van der Waals surface area contributed by atoms with Crippen molar-refractivity contribution in [3.8, 4) is 5.75 Å². The molecule has 3 aromatic rings. The summed E-state index contributed by atoms with van der Waals surface area (Å²) in [5.41, 5.74) is 4.85. The molecule has 1 aromatic heterocycles. The first-order valence-corrected chi connectivity index (χ1v) is 9.52. The van der Waals surface area contributed by atoms with Gasteiger partial charge in [-0.3, -0.25) is 4.99 Å². The molecule has 4 N–H and O–H groups in total. The maximum absolute atomic E-state index is 9.54. The molecule has 0 bridgehead atoms. The highest BCUT2D eigenvalue weighted by molar-refractivity contribution is 5.84. The van der Waals surface area contributed by atoms with Gasteiger partial charge in [0.2, 0.25) is 0 Å². The summed E-state index contributed by atoms with van der Waals surface area (Å²) in [6.07, 6.45) is 3.81. The van der Waals surface area contributed by atoms with Crippen molar-refractivity contribution >= 4 is 16.9 Å². The van der Waals surface area contributed by atoms with Crippen LogP contribution >= 0.6 is 0 Å². The summed E-state index contributed by atoms with van der Waals surface area (Å²) in [6.45, 7) is 6.48. The monoisotopic (exact) mass is 364 g/mol. The topological polar surface area (TPSA) is 72.4 Å². The van der Waals surface area contributed by atoms with Crippen LogP contribution in [0.5, 0.6) is 5.75 Å². The van der Waals surface area contributed by atoms with Gasteiger partial charge in [0.1, 0.15) is 5.75 Å². The number of aromatic nitrogens is 1. The molecule has 0 atom stereocenters. The number of phenolic OH excluding ortho intramolecular Hbond substituents is 1. The smallest absolute Gasteiger partial charge is 0.191 e. The van der Waals surface area contributed by atoms with Crippen LogP contribution in [0.3, 0.4) is 0 Å². The van der Waals surface area contributed by atoms with Gasteiger partial charge in [0.25, 0.3) is 0 Å². The molecule has 0 saturated carbocycles. The van der Waals surface area contributed by atoms with E-state index in [9.17, 15) is 5.11 Å². The molecule has 0 unspecified atom stereocenters. The lowest BCUT2D eigenvalue weighted by atomic mass is 10.1. The number of fused-ring (bicyclic) bond motifs is 1.